The van der Waals surface area contributed by atoms with Crippen LogP contribution in [0.5, 0.6) is 11.5 Å². The molecule has 0 spiro atoms. The summed E-state index contributed by atoms with van der Waals surface area (Å²) in [5, 5.41) is 12.3. The number of carbonyl (C=O) groups is 1. The summed E-state index contributed by atoms with van der Waals surface area (Å²) in [6.45, 7) is 3.00. The summed E-state index contributed by atoms with van der Waals surface area (Å²) in [6.07, 6.45) is 0.225. The number of aliphatic hydroxyl groups excluding tert-OH is 1. The van der Waals surface area contributed by atoms with Crippen LogP contribution in [0.4, 0.5) is 10.5 Å². The monoisotopic (exact) mass is 312 g/mol. The van der Waals surface area contributed by atoms with E-state index in [2.05, 4.69) is 5.32 Å². The van der Waals surface area contributed by atoms with E-state index in [0.29, 0.717) is 30.9 Å². The van der Waals surface area contributed by atoms with Gasteiger partial charge in [-0.3, -0.25) is 0 Å². The number of amides is 2. The molecule has 23 heavy (non-hydrogen) atoms. The van der Waals surface area contributed by atoms with Crippen molar-refractivity contribution >= 4 is 11.7 Å². The van der Waals surface area contributed by atoms with E-state index in [1.165, 1.54) is 5.56 Å². The van der Waals surface area contributed by atoms with Crippen LogP contribution in [-0.2, 0) is 0 Å². The van der Waals surface area contributed by atoms with Gasteiger partial charge in [0.2, 0.25) is 0 Å². The fourth-order valence-electron chi connectivity index (χ4n) is 2.48. The molecule has 3 rings (SSSR count). The molecule has 0 radical (unpaired) electrons. The average Bonchev–Trinajstić information content (AvgIpc) is 2.98. The molecule has 1 atom stereocenters. The Kier molecular flexibility index (Phi) is 4.48. The second-order valence-corrected chi connectivity index (χ2v) is 5.76. The molecule has 1 aliphatic rings. The standard InChI is InChI=1S/C18H20N2O3/c1-13-2-6-16(7-3-13)23-17-8-4-14(5-9-17)19-18(22)20-11-10-15(21)12-20/h2-9,15,21H,10-12H2,1H3,(H,19,22). The van der Waals surface area contributed by atoms with Gasteiger partial charge in [-0.25, -0.2) is 4.79 Å². The summed E-state index contributed by atoms with van der Waals surface area (Å²) in [6, 6.07) is 14.9. The van der Waals surface area contributed by atoms with Gasteiger partial charge in [-0.1, -0.05) is 17.7 Å². The maximum absolute atomic E-state index is 12.0. The van der Waals surface area contributed by atoms with E-state index in [4.69, 9.17) is 4.74 Å². The first kappa shape index (κ1) is 15.4. The molecule has 2 aromatic carbocycles. The molecule has 2 N–H and O–H groups in total. The number of β-amino-alcohol motifs (C(OH)–C–C–N with tert-alkyl or cyclic N) is 1. The molecule has 0 aromatic heterocycles. The number of urea groups is 1. The summed E-state index contributed by atoms with van der Waals surface area (Å²) in [5.74, 6) is 1.49. The van der Waals surface area contributed by atoms with Gasteiger partial charge in [-0.05, 0) is 49.7 Å². The highest BCUT2D eigenvalue weighted by Gasteiger charge is 2.24. The largest absolute Gasteiger partial charge is 0.457 e. The van der Waals surface area contributed by atoms with E-state index >= 15 is 0 Å². The predicted octanol–water partition coefficient (Wildman–Crippen LogP) is 3.39. The van der Waals surface area contributed by atoms with Crippen molar-refractivity contribution in [2.45, 2.75) is 19.4 Å². The molecule has 1 aliphatic heterocycles. The van der Waals surface area contributed by atoms with Gasteiger partial charge < -0.3 is 20.1 Å². The highest BCUT2D eigenvalue weighted by molar-refractivity contribution is 5.89. The first-order valence-corrected chi connectivity index (χ1v) is 7.69. The Morgan fingerprint density at radius 1 is 1.13 bits per heavy atom. The summed E-state index contributed by atoms with van der Waals surface area (Å²) in [4.78, 5) is 13.7. The minimum absolute atomic E-state index is 0.186. The van der Waals surface area contributed by atoms with Crippen LogP contribution in [-0.4, -0.2) is 35.2 Å². The highest BCUT2D eigenvalue weighted by Crippen LogP contribution is 2.23. The second-order valence-electron chi connectivity index (χ2n) is 5.76. The van der Waals surface area contributed by atoms with E-state index in [1.54, 1.807) is 17.0 Å². The van der Waals surface area contributed by atoms with Gasteiger partial charge in [0, 0.05) is 18.8 Å². The molecule has 1 unspecified atom stereocenters. The molecule has 1 heterocycles. The van der Waals surface area contributed by atoms with Crippen LogP contribution in [0.3, 0.4) is 0 Å². The Morgan fingerprint density at radius 3 is 2.30 bits per heavy atom. The first-order chi connectivity index (χ1) is 11.1. The van der Waals surface area contributed by atoms with Gasteiger partial charge in [0.05, 0.1) is 6.10 Å². The number of likely N-dealkylation sites (tertiary alicyclic amines) is 1. The van der Waals surface area contributed by atoms with Crippen LogP contribution in [0.25, 0.3) is 0 Å². The molecule has 0 bridgehead atoms. The first-order valence-electron chi connectivity index (χ1n) is 7.69. The number of benzene rings is 2. The van der Waals surface area contributed by atoms with Crippen molar-refractivity contribution in [3.05, 3.63) is 54.1 Å². The zero-order valence-corrected chi connectivity index (χ0v) is 13.0. The Bertz CT molecular complexity index is 668. The number of aryl methyl sites for hydroxylation is 1. The molecular formula is C18H20N2O3. The molecule has 5 nitrogen and oxygen atoms in total. The van der Waals surface area contributed by atoms with Crippen molar-refractivity contribution in [2.75, 3.05) is 18.4 Å². The minimum atomic E-state index is -0.411. The fraction of sp³-hybridized carbons (Fsp3) is 0.278. The van der Waals surface area contributed by atoms with Crippen molar-refractivity contribution in [2.24, 2.45) is 0 Å². The van der Waals surface area contributed by atoms with E-state index in [-0.39, 0.29) is 6.03 Å². The lowest BCUT2D eigenvalue weighted by Gasteiger charge is -2.16. The highest BCUT2D eigenvalue weighted by atomic mass is 16.5. The summed E-state index contributed by atoms with van der Waals surface area (Å²) < 4.78 is 5.75. The van der Waals surface area contributed by atoms with Crippen LogP contribution in [0.1, 0.15) is 12.0 Å². The van der Waals surface area contributed by atoms with Gasteiger partial charge >= 0.3 is 6.03 Å². The molecular weight excluding hydrogens is 292 g/mol. The number of nitrogens with one attached hydrogen (secondary N) is 1. The number of carbonyl (C=O) groups excluding carboxylic acids is 1. The Morgan fingerprint density at radius 2 is 1.74 bits per heavy atom. The van der Waals surface area contributed by atoms with Crippen LogP contribution >= 0.6 is 0 Å². The lowest BCUT2D eigenvalue weighted by Crippen LogP contribution is -2.33. The van der Waals surface area contributed by atoms with E-state index < -0.39 is 6.10 Å². The Hall–Kier alpha value is -2.53. The normalized spacial score (nSPS) is 17.1. The van der Waals surface area contributed by atoms with Crippen molar-refractivity contribution in [3.63, 3.8) is 0 Å². The molecule has 1 saturated heterocycles. The molecule has 2 aromatic rings. The smallest absolute Gasteiger partial charge is 0.321 e. The summed E-state index contributed by atoms with van der Waals surface area (Å²) >= 11 is 0. The molecule has 120 valence electrons. The quantitative estimate of drug-likeness (QED) is 0.913. The van der Waals surface area contributed by atoms with E-state index in [0.717, 1.165) is 5.75 Å². The van der Waals surface area contributed by atoms with Gasteiger partial charge in [0.1, 0.15) is 11.5 Å². The van der Waals surface area contributed by atoms with Gasteiger partial charge in [0.25, 0.3) is 0 Å². The fourth-order valence-corrected chi connectivity index (χ4v) is 2.48. The third kappa shape index (κ3) is 4.02. The van der Waals surface area contributed by atoms with Gasteiger partial charge in [-0.2, -0.15) is 0 Å². The summed E-state index contributed by atoms with van der Waals surface area (Å²) in [7, 11) is 0. The number of aliphatic hydroxyl groups is 1. The molecule has 5 heteroatoms. The zero-order valence-electron chi connectivity index (χ0n) is 13.0. The van der Waals surface area contributed by atoms with E-state index in [9.17, 15) is 9.90 Å². The van der Waals surface area contributed by atoms with E-state index in [1.807, 2.05) is 43.3 Å². The SMILES string of the molecule is Cc1ccc(Oc2ccc(NC(=O)N3CCC(O)C3)cc2)cc1. The molecule has 0 saturated carbocycles. The number of ether oxygens (including phenoxy) is 1. The lowest BCUT2D eigenvalue weighted by atomic mass is 10.2. The molecule has 2 amide bonds. The number of nitrogens with zero attached hydrogens (tertiary/aromatic N) is 1. The van der Waals surface area contributed by atoms with Crippen LogP contribution in [0.2, 0.25) is 0 Å². The van der Waals surface area contributed by atoms with Gasteiger partial charge in [-0.15, -0.1) is 0 Å². The van der Waals surface area contributed by atoms with Crippen molar-refractivity contribution in [1.82, 2.24) is 4.90 Å². The second kappa shape index (κ2) is 6.71. The van der Waals surface area contributed by atoms with Crippen LogP contribution in [0.15, 0.2) is 48.5 Å². The number of rotatable bonds is 3. The number of hydrogen-bond acceptors (Lipinski definition) is 3. The summed E-state index contributed by atoms with van der Waals surface area (Å²) in [5.41, 5.74) is 1.88. The predicted molar refractivity (Wildman–Crippen MR) is 88.9 cm³/mol. The number of anilines is 1. The zero-order chi connectivity index (χ0) is 16.2. The lowest BCUT2D eigenvalue weighted by molar-refractivity contribution is 0.176. The average molecular weight is 312 g/mol. The van der Waals surface area contributed by atoms with Crippen LogP contribution in [0, 0.1) is 6.92 Å². The van der Waals surface area contributed by atoms with Gasteiger partial charge in [0.15, 0.2) is 0 Å². The third-order valence-electron chi connectivity index (χ3n) is 3.81. The molecule has 0 aliphatic carbocycles. The van der Waals surface area contributed by atoms with Crippen LogP contribution < -0.4 is 10.1 Å². The van der Waals surface area contributed by atoms with Crippen molar-refractivity contribution < 1.29 is 14.6 Å². The Labute approximate surface area is 135 Å². The maximum Gasteiger partial charge on any atom is 0.321 e. The van der Waals surface area contributed by atoms with Crippen molar-refractivity contribution in [1.29, 1.82) is 0 Å². The van der Waals surface area contributed by atoms with Crippen molar-refractivity contribution in [3.8, 4) is 11.5 Å². The Balaban J connectivity index is 1.58. The maximum atomic E-state index is 12.0. The minimum Gasteiger partial charge on any atom is -0.457 e. The molecule has 1 fully saturated rings. The third-order valence-corrected chi connectivity index (χ3v) is 3.81. The number of hydrogen-bond donors (Lipinski definition) is 2. The topological polar surface area (TPSA) is 61.8 Å².